The maximum atomic E-state index is 11.1. The van der Waals surface area contributed by atoms with Crippen molar-refractivity contribution in [1.82, 2.24) is 5.43 Å². The van der Waals surface area contributed by atoms with Gasteiger partial charge in [-0.15, -0.1) is 11.3 Å². The van der Waals surface area contributed by atoms with E-state index in [1.165, 1.54) is 11.3 Å². The summed E-state index contributed by atoms with van der Waals surface area (Å²) in [6.45, 7) is 0. The number of thiocarbonyl (C=S) groups is 1. The molecule has 0 saturated heterocycles. The maximum absolute atomic E-state index is 11.1. The van der Waals surface area contributed by atoms with E-state index >= 15 is 0 Å². The van der Waals surface area contributed by atoms with E-state index in [0.717, 1.165) is 9.09 Å². The fourth-order valence-corrected chi connectivity index (χ4v) is 2.40. The summed E-state index contributed by atoms with van der Waals surface area (Å²) >= 11 is 5.98. The van der Waals surface area contributed by atoms with E-state index in [0.29, 0.717) is 0 Å². The van der Waals surface area contributed by atoms with E-state index in [1.54, 1.807) is 12.5 Å². The van der Waals surface area contributed by atoms with Gasteiger partial charge in [-0.25, -0.2) is 0 Å². The van der Waals surface area contributed by atoms with Gasteiger partial charge in [0.15, 0.2) is 5.11 Å². The Morgan fingerprint density at radius 1 is 1.79 bits per heavy atom. The average Bonchev–Trinajstić information content (AvgIpc) is 2.52. The van der Waals surface area contributed by atoms with Crippen molar-refractivity contribution in [2.45, 2.75) is 4.21 Å². The van der Waals surface area contributed by atoms with Crippen molar-refractivity contribution in [1.29, 1.82) is 0 Å². The lowest BCUT2D eigenvalue weighted by Gasteiger charge is -1.91. The lowest BCUT2D eigenvalue weighted by Crippen LogP contribution is -2.23. The Kier molecular flexibility index (Phi) is 4.18. The van der Waals surface area contributed by atoms with Crippen molar-refractivity contribution in [2.24, 2.45) is 10.8 Å². The molecule has 0 aromatic carbocycles. The molecule has 1 unspecified atom stereocenters. The summed E-state index contributed by atoms with van der Waals surface area (Å²) in [5.74, 6) is 0. The van der Waals surface area contributed by atoms with Crippen LogP contribution >= 0.6 is 23.6 Å². The highest BCUT2D eigenvalue weighted by Crippen LogP contribution is 2.17. The van der Waals surface area contributed by atoms with Crippen molar-refractivity contribution in [3.8, 4) is 0 Å². The molecule has 0 aliphatic rings. The number of rotatable bonds is 3. The van der Waals surface area contributed by atoms with Gasteiger partial charge in [0.25, 0.3) is 0 Å². The van der Waals surface area contributed by atoms with E-state index in [9.17, 15) is 4.21 Å². The number of nitrogens with two attached hydrogens (primary N) is 1. The molecule has 0 spiro atoms. The normalized spacial score (nSPS) is 12.9. The van der Waals surface area contributed by atoms with Gasteiger partial charge in [0, 0.05) is 11.1 Å². The monoisotopic (exact) mass is 247 g/mol. The molecule has 3 N–H and O–H groups in total. The summed E-state index contributed by atoms with van der Waals surface area (Å²) in [6.07, 6.45) is 3.22. The Labute approximate surface area is 93.7 Å². The summed E-state index contributed by atoms with van der Waals surface area (Å²) in [4.78, 5) is 0.902. The highest BCUT2D eigenvalue weighted by Gasteiger charge is 2.00. The molecule has 7 heteroatoms. The van der Waals surface area contributed by atoms with Crippen LogP contribution in [0.15, 0.2) is 21.4 Å². The van der Waals surface area contributed by atoms with Gasteiger partial charge in [-0.05, 0) is 24.4 Å². The molecule has 0 bridgehead atoms. The Morgan fingerprint density at radius 2 is 2.50 bits per heavy atom. The molecule has 0 radical (unpaired) electrons. The minimum Gasteiger partial charge on any atom is -0.375 e. The molecule has 0 aliphatic heterocycles. The van der Waals surface area contributed by atoms with Crippen LogP contribution < -0.4 is 11.2 Å². The third kappa shape index (κ3) is 3.52. The highest BCUT2D eigenvalue weighted by atomic mass is 32.2. The number of hydrogen-bond acceptors (Lipinski definition) is 4. The second kappa shape index (κ2) is 5.18. The van der Waals surface area contributed by atoms with Crippen LogP contribution in [0.3, 0.4) is 0 Å². The molecule has 1 heterocycles. The third-order valence-electron chi connectivity index (χ3n) is 1.25. The molecular formula is C7H9N3OS3. The van der Waals surface area contributed by atoms with Crippen LogP contribution in [0.5, 0.6) is 0 Å². The Hall–Kier alpha value is -0.790. The van der Waals surface area contributed by atoms with Crippen LogP contribution in [0.1, 0.15) is 4.88 Å². The summed E-state index contributed by atoms with van der Waals surface area (Å²) in [6, 6.07) is 3.65. The Bertz CT molecular complexity index is 385. The number of nitrogens with one attached hydrogen (secondary N) is 1. The first kappa shape index (κ1) is 11.3. The van der Waals surface area contributed by atoms with Crippen molar-refractivity contribution in [3.63, 3.8) is 0 Å². The molecule has 14 heavy (non-hydrogen) atoms. The number of hydrazone groups is 1. The van der Waals surface area contributed by atoms with Crippen LogP contribution in [0.2, 0.25) is 0 Å². The first-order chi connectivity index (χ1) is 6.59. The van der Waals surface area contributed by atoms with Gasteiger partial charge < -0.3 is 5.73 Å². The van der Waals surface area contributed by atoms with E-state index < -0.39 is 10.8 Å². The SMILES string of the molecule is CS(=O)c1ccc(C=NNC(N)=S)s1. The summed E-state index contributed by atoms with van der Waals surface area (Å²) < 4.78 is 11.9. The van der Waals surface area contributed by atoms with Crippen molar-refractivity contribution < 1.29 is 4.21 Å². The van der Waals surface area contributed by atoms with Crippen LogP contribution in [-0.2, 0) is 10.8 Å². The zero-order valence-electron chi connectivity index (χ0n) is 7.39. The van der Waals surface area contributed by atoms with Gasteiger partial charge in [-0.3, -0.25) is 9.63 Å². The van der Waals surface area contributed by atoms with Gasteiger partial charge in [0.1, 0.15) is 0 Å². The van der Waals surface area contributed by atoms with Gasteiger partial charge in [0.05, 0.1) is 21.2 Å². The number of nitrogens with zero attached hydrogens (tertiary/aromatic N) is 1. The second-order valence-electron chi connectivity index (χ2n) is 2.35. The van der Waals surface area contributed by atoms with Crippen LogP contribution in [0.25, 0.3) is 0 Å². The second-order valence-corrected chi connectivity index (χ2v) is 5.51. The topological polar surface area (TPSA) is 67.5 Å². The zero-order valence-corrected chi connectivity index (χ0v) is 9.84. The molecular weight excluding hydrogens is 238 g/mol. The molecule has 0 amide bonds. The van der Waals surface area contributed by atoms with Gasteiger partial charge in [-0.1, -0.05) is 0 Å². The number of hydrogen-bond donors (Lipinski definition) is 2. The van der Waals surface area contributed by atoms with Gasteiger partial charge in [0.2, 0.25) is 0 Å². The first-order valence-electron chi connectivity index (χ1n) is 3.61. The lowest BCUT2D eigenvalue weighted by atomic mass is 10.5. The first-order valence-corrected chi connectivity index (χ1v) is 6.39. The average molecular weight is 247 g/mol. The minimum absolute atomic E-state index is 0.122. The van der Waals surface area contributed by atoms with E-state index in [1.807, 2.05) is 12.1 Å². The predicted octanol–water partition coefficient (Wildman–Crippen LogP) is 0.653. The summed E-state index contributed by atoms with van der Waals surface area (Å²) in [7, 11) is -0.936. The van der Waals surface area contributed by atoms with E-state index in [4.69, 9.17) is 5.73 Å². The Balaban J connectivity index is 2.64. The molecule has 1 aromatic rings. The molecule has 0 aliphatic carbocycles. The predicted molar refractivity (Wildman–Crippen MR) is 64.2 cm³/mol. The summed E-state index contributed by atoms with van der Waals surface area (Å²) in [5, 5.41) is 3.91. The van der Waals surface area contributed by atoms with Crippen molar-refractivity contribution >= 4 is 45.7 Å². The molecule has 1 rings (SSSR count). The molecule has 0 fully saturated rings. The number of thiophene rings is 1. The Morgan fingerprint density at radius 3 is 3.00 bits per heavy atom. The smallest absolute Gasteiger partial charge is 0.184 e. The summed E-state index contributed by atoms with van der Waals surface area (Å²) in [5.41, 5.74) is 7.61. The largest absolute Gasteiger partial charge is 0.375 e. The van der Waals surface area contributed by atoms with Gasteiger partial charge >= 0.3 is 0 Å². The standard InChI is InChI=1S/C7H9N3OS3/c1-14(11)6-3-2-5(13-6)4-9-10-7(8)12/h2-4H,1H3,(H3,8,10,12). The highest BCUT2D eigenvalue weighted by molar-refractivity contribution is 7.86. The van der Waals surface area contributed by atoms with Crippen molar-refractivity contribution in [3.05, 3.63) is 17.0 Å². The fourth-order valence-electron chi connectivity index (χ4n) is 0.718. The molecule has 1 aromatic heterocycles. The fraction of sp³-hybridized carbons (Fsp3) is 0.143. The van der Waals surface area contributed by atoms with Crippen molar-refractivity contribution in [2.75, 3.05) is 6.26 Å². The lowest BCUT2D eigenvalue weighted by molar-refractivity contribution is 0.688. The molecule has 76 valence electrons. The van der Waals surface area contributed by atoms with Crippen LogP contribution in [0, 0.1) is 0 Å². The maximum Gasteiger partial charge on any atom is 0.184 e. The molecule has 4 nitrogen and oxygen atoms in total. The zero-order chi connectivity index (χ0) is 10.6. The molecule has 0 saturated carbocycles. The van der Waals surface area contributed by atoms with E-state index in [2.05, 4.69) is 22.7 Å². The molecule has 1 atom stereocenters. The van der Waals surface area contributed by atoms with E-state index in [-0.39, 0.29) is 5.11 Å². The van der Waals surface area contributed by atoms with Crippen LogP contribution in [0.4, 0.5) is 0 Å². The quantitative estimate of drug-likeness (QED) is 0.467. The van der Waals surface area contributed by atoms with Gasteiger partial charge in [-0.2, -0.15) is 5.10 Å². The third-order valence-corrected chi connectivity index (χ3v) is 3.81. The van der Waals surface area contributed by atoms with Crippen LogP contribution in [-0.4, -0.2) is 21.8 Å². The minimum atomic E-state index is -0.936.